The summed E-state index contributed by atoms with van der Waals surface area (Å²) in [5.41, 5.74) is 6.15. The van der Waals surface area contributed by atoms with E-state index in [0.29, 0.717) is 6.42 Å². The number of fused-ring (bicyclic) bond motifs is 3. The Balaban J connectivity index is 1.64. The van der Waals surface area contributed by atoms with E-state index in [0.717, 1.165) is 33.4 Å². The van der Waals surface area contributed by atoms with E-state index in [4.69, 9.17) is 4.74 Å². The third-order valence-electron chi connectivity index (χ3n) is 5.58. The Morgan fingerprint density at radius 2 is 1.45 bits per heavy atom. The zero-order valence-electron chi connectivity index (χ0n) is 16.5. The van der Waals surface area contributed by atoms with Gasteiger partial charge in [0.2, 0.25) is 5.91 Å². The molecule has 0 saturated carbocycles. The van der Waals surface area contributed by atoms with Crippen molar-refractivity contribution < 1.29 is 14.3 Å². The molecule has 0 radical (unpaired) electrons. The predicted octanol–water partition coefficient (Wildman–Crippen LogP) is 4.01. The van der Waals surface area contributed by atoms with E-state index in [1.54, 1.807) is 0 Å². The van der Waals surface area contributed by atoms with Gasteiger partial charge in [0, 0.05) is 6.42 Å². The monoisotopic (exact) mass is 385 g/mol. The van der Waals surface area contributed by atoms with Gasteiger partial charge in [-0.05, 0) is 40.3 Å². The maximum atomic E-state index is 13.4. The van der Waals surface area contributed by atoms with Crippen LogP contribution in [0.1, 0.15) is 28.2 Å². The van der Waals surface area contributed by atoms with Gasteiger partial charge in [0.05, 0.1) is 13.0 Å². The first-order valence-corrected chi connectivity index (χ1v) is 9.71. The average Bonchev–Trinajstić information content (AvgIpc) is 3.09. The minimum atomic E-state index is -0.742. The lowest BCUT2D eigenvalue weighted by Crippen LogP contribution is -2.45. The van der Waals surface area contributed by atoms with Crippen LogP contribution in [0.15, 0.2) is 72.8 Å². The molecule has 4 rings (SSSR count). The third kappa shape index (κ3) is 3.54. The van der Waals surface area contributed by atoms with Crippen molar-refractivity contribution in [3.63, 3.8) is 0 Å². The minimum Gasteiger partial charge on any atom is -0.467 e. The van der Waals surface area contributed by atoms with Crippen molar-refractivity contribution in [3.05, 3.63) is 95.1 Å². The van der Waals surface area contributed by atoms with Crippen LogP contribution in [0.4, 0.5) is 0 Å². The molecule has 3 aromatic carbocycles. The van der Waals surface area contributed by atoms with Gasteiger partial charge in [0.1, 0.15) is 6.04 Å². The highest BCUT2D eigenvalue weighted by Crippen LogP contribution is 2.44. The Morgan fingerprint density at radius 1 is 0.897 bits per heavy atom. The highest BCUT2D eigenvalue weighted by molar-refractivity contribution is 5.97. The summed E-state index contributed by atoms with van der Waals surface area (Å²) in [5, 5.41) is 2.95. The van der Waals surface area contributed by atoms with Crippen LogP contribution in [0.5, 0.6) is 0 Å². The summed E-state index contributed by atoms with van der Waals surface area (Å²) in [5.74, 6) is -1.07. The Morgan fingerprint density at radius 3 is 2.03 bits per heavy atom. The first-order valence-electron chi connectivity index (χ1n) is 9.71. The second-order valence-corrected chi connectivity index (χ2v) is 7.32. The number of esters is 1. The molecule has 0 spiro atoms. The molecule has 0 heterocycles. The average molecular weight is 385 g/mol. The zero-order valence-corrected chi connectivity index (χ0v) is 16.5. The number of nitrogens with one attached hydrogen (secondary N) is 1. The molecule has 1 aliphatic rings. The summed E-state index contributed by atoms with van der Waals surface area (Å²) in [6, 6.07) is 23.0. The number of rotatable bonds is 5. The zero-order chi connectivity index (χ0) is 20.4. The number of carbonyl (C=O) groups excluding carboxylic acids is 2. The predicted molar refractivity (Wildman–Crippen MR) is 113 cm³/mol. The van der Waals surface area contributed by atoms with E-state index in [-0.39, 0.29) is 5.91 Å². The summed E-state index contributed by atoms with van der Waals surface area (Å²) in [6.07, 6.45) is 0.390. The van der Waals surface area contributed by atoms with E-state index < -0.39 is 17.9 Å². The smallest absolute Gasteiger partial charge is 0.328 e. The highest BCUT2D eigenvalue weighted by atomic mass is 16.5. The molecule has 0 aromatic heterocycles. The minimum absolute atomic E-state index is 0.189. The molecule has 1 amide bonds. The molecule has 3 aromatic rings. The lowest BCUT2D eigenvalue weighted by atomic mass is 9.95. The van der Waals surface area contributed by atoms with Crippen molar-refractivity contribution in [3.8, 4) is 11.1 Å². The summed E-state index contributed by atoms with van der Waals surface area (Å²) in [6.45, 7) is 1.99. The Kier molecular flexibility index (Phi) is 5.17. The molecule has 1 N–H and O–H groups in total. The van der Waals surface area contributed by atoms with Crippen LogP contribution >= 0.6 is 0 Å². The number of aryl methyl sites for hydroxylation is 1. The van der Waals surface area contributed by atoms with Crippen molar-refractivity contribution in [2.45, 2.75) is 25.3 Å². The van der Waals surface area contributed by atoms with Gasteiger partial charge < -0.3 is 10.1 Å². The quantitative estimate of drug-likeness (QED) is 0.675. The van der Waals surface area contributed by atoms with Crippen molar-refractivity contribution >= 4 is 11.9 Å². The number of methoxy groups -OCH3 is 1. The topological polar surface area (TPSA) is 55.4 Å². The van der Waals surface area contributed by atoms with E-state index >= 15 is 0 Å². The maximum Gasteiger partial charge on any atom is 0.328 e. The molecule has 1 atom stereocenters. The molecule has 1 aliphatic carbocycles. The van der Waals surface area contributed by atoms with Gasteiger partial charge in [-0.3, -0.25) is 4.79 Å². The summed E-state index contributed by atoms with van der Waals surface area (Å²) in [7, 11) is 1.35. The molecular formula is C25H23NO3. The molecule has 4 nitrogen and oxygen atoms in total. The van der Waals surface area contributed by atoms with Crippen LogP contribution in [0.25, 0.3) is 11.1 Å². The van der Waals surface area contributed by atoms with Crippen LogP contribution in [0, 0.1) is 6.92 Å². The fraction of sp³-hybridized carbons (Fsp3) is 0.200. The van der Waals surface area contributed by atoms with Gasteiger partial charge >= 0.3 is 5.97 Å². The number of carbonyl (C=O) groups is 2. The fourth-order valence-electron chi connectivity index (χ4n) is 4.09. The summed E-state index contributed by atoms with van der Waals surface area (Å²) < 4.78 is 4.97. The van der Waals surface area contributed by atoms with Gasteiger partial charge in [-0.2, -0.15) is 0 Å². The van der Waals surface area contributed by atoms with Crippen LogP contribution in [0.2, 0.25) is 0 Å². The van der Waals surface area contributed by atoms with Gasteiger partial charge in [0.15, 0.2) is 0 Å². The molecule has 0 fully saturated rings. The number of amides is 1. The lowest BCUT2D eigenvalue weighted by molar-refractivity contribution is -0.145. The van der Waals surface area contributed by atoms with E-state index in [1.807, 2.05) is 79.7 Å². The molecule has 0 aliphatic heterocycles. The van der Waals surface area contributed by atoms with E-state index in [2.05, 4.69) is 5.32 Å². The number of benzene rings is 3. The normalized spacial score (nSPS) is 13.3. The van der Waals surface area contributed by atoms with Crippen molar-refractivity contribution in [1.29, 1.82) is 0 Å². The largest absolute Gasteiger partial charge is 0.467 e. The maximum absolute atomic E-state index is 13.4. The van der Waals surface area contributed by atoms with Crippen LogP contribution in [-0.4, -0.2) is 25.0 Å². The van der Waals surface area contributed by atoms with Gasteiger partial charge in [-0.15, -0.1) is 0 Å². The van der Waals surface area contributed by atoms with Crippen molar-refractivity contribution in [2.75, 3.05) is 7.11 Å². The summed E-state index contributed by atoms with van der Waals surface area (Å²) >= 11 is 0. The van der Waals surface area contributed by atoms with E-state index in [9.17, 15) is 9.59 Å². The number of ether oxygens (including phenoxy) is 1. The third-order valence-corrected chi connectivity index (χ3v) is 5.58. The second kappa shape index (κ2) is 7.92. The van der Waals surface area contributed by atoms with Crippen molar-refractivity contribution in [2.24, 2.45) is 0 Å². The first-order chi connectivity index (χ1) is 14.1. The number of hydrogen-bond acceptors (Lipinski definition) is 3. The Labute approximate surface area is 170 Å². The van der Waals surface area contributed by atoms with Crippen molar-refractivity contribution in [1.82, 2.24) is 5.32 Å². The van der Waals surface area contributed by atoms with Crippen LogP contribution < -0.4 is 5.32 Å². The molecule has 4 heteroatoms. The molecule has 29 heavy (non-hydrogen) atoms. The van der Waals surface area contributed by atoms with Gasteiger partial charge in [0.25, 0.3) is 0 Å². The van der Waals surface area contributed by atoms with Gasteiger partial charge in [-0.25, -0.2) is 4.79 Å². The summed E-state index contributed by atoms with van der Waals surface area (Å²) in [4.78, 5) is 25.8. The molecule has 146 valence electrons. The van der Waals surface area contributed by atoms with Crippen LogP contribution in [0.3, 0.4) is 0 Å². The first kappa shape index (κ1) is 18.9. The highest BCUT2D eigenvalue weighted by Gasteiger charge is 2.35. The lowest BCUT2D eigenvalue weighted by Gasteiger charge is -2.21. The Bertz CT molecular complexity index is 1030. The molecular weight excluding hydrogens is 362 g/mol. The van der Waals surface area contributed by atoms with Crippen LogP contribution in [-0.2, 0) is 20.7 Å². The SMILES string of the molecule is COC(=O)[C@@H](Cc1ccccc1C)NC(=O)C1c2ccccc2-c2ccccc21. The Hall–Kier alpha value is -3.40. The van der Waals surface area contributed by atoms with E-state index in [1.165, 1.54) is 7.11 Å². The molecule has 0 bridgehead atoms. The number of hydrogen-bond donors (Lipinski definition) is 1. The van der Waals surface area contributed by atoms with Gasteiger partial charge in [-0.1, -0.05) is 72.8 Å². The standard InChI is InChI=1S/C25H23NO3/c1-16-9-3-4-10-17(16)15-22(25(28)29-2)26-24(27)23-20-13-7-5-11-18(20)19-12-6-8-14-21(19)23/h3-14,22-23H,15H2,1-2H3,(H,26,27)/t22-/m1/s1. The molecule has 0 unspecified atom stereocenters. The fourth-order valence-corrected chi connectivity index (χ4v) is 4.09. The second-order valence-electron chi connectivity index (χ2n) is 7.32. The molecule has 0 saturated heterocycles.